The van der Waals surface area contributed by atoms with E-state index < -0.39 is 11.9 Å². The third kappa shape index (κ3) is 4.59. The van der Waals surface area contributed by atoms with Crippen LogP contribution in [-0.2, 0) is 0 Å². The van der Waals surface area contributed by atoms with Crippen LogP contribution in [0.25, 0.3) is 0 Å². The van der Waals surface area contributed by atoms with Gasteiger partial charge in [-0.1, -0.05) is 50.1 Å². The summed E-state index contributed by atoms with van der Waals surface area (Å²) in [5.41, 5.74) is 0.526. The minimum atomic E-state index is -1.23. The van der Waals surface area contributed by atoms with Gasteiger partial charge in [0.15, 0.2) is 0 Å². The molecule has 0 aliphatic heterocycles. The summed E-state index contributed by atoms with van der Waals surface area (Å²) in [6.45, 7) is 1.96. The van der Waals surface area contributed by atoms with Crippen LogP contribution in [0.15, 0.2) is 42.2 Å². The SMILES string of the molecule is CCCC[C@H](/C=C(\F)[C@@H](O)c1ccccc1)CO. The van der Waals surface area contributed by atoms with Crippen LogP contribution in [0, 0.1) is 5.92 Å². The fourth-order valence-corrected chi connectivity index (χ4v) is 1.80. The summed E-state index contributed by atoms with van der Waals surface area (Å²) in [4.78, 5) is 0. The molecule has 1 aromatic carbocycles. The highest BCUT2D eigenvalue weighted by Crippen LogP contribution is 2.24. The van der Waals surface area contributed by atoms with Crippen LogP contribution >= 0.6 is 0 Å². The summed E-state index contributed by atoms with van der Waals surface area (Å²) in [6, 6.07) is 8.69. The summed E-state index contributed by atoms with van der Waals surface area (Å²) < 4.78 is 13.8. The van der Waals surface area contributed by atoms with Gasteiger partial charge in [0.05, 0.1) is 0 Å². The van der Waals surface area contributed by atoms with Gasteiger partial charge in [-0.3, -0.25) is 0 Å². The highest BCUT2D eigenvalue weighted by atomic mass is 19.1. The number of benzene rings is 1. The number of hydrogen-bond acceptors (Lipinski definition) is 2. The van der Waals surface area contributed by atoms with Crippen LogP contribution in [0.2, 0.25) is 0 Å². The Morgan fingerprint density at radius 1 is 1.33 bits per heavy atom. The molecule has 0 aliphatic rings. The Kier molecular flexibility index (Phi) is 6.61. The van der Waals surface area contributed by atoms with Crippen LogP contribution in [0.3, 0.4) is 0 Å². The maximum atomic E-state index is 13.8. The summed E-state index contributed by atoms with van der Waals surface area (Å²) in [7, 11) is 0. The predicted octanol–water partition coefficient (Wildman–Crippen LogP) is 3.37. The Balaban J connectivity index is 2.69. The second-order valence-electron chi connectivity index (χ2n) is 4.45. The molecular formula is C15H21FO2. The predicted molar refractivity (Wildman–Crippen MR) is 70.7 cm³/mol. The standard InChI is InChI=1S/C15H21FO2/c1-2-3-7-12(11-17)10-14(16)15(18)13-8-5-4-6-9-13/h4-6,8-10,12,15,17-18H,2-3,7,11H2,1H3/b14-10-/t12-,15+/m1/s1. The van der Waals surface area contributed by atoms with Crippen LogP contribution < -0.4 is 0 Å². The van der Waals surface area contributed by atoms with Crippen molar-refractivity contribution in [3.8, 4) is 0 Å². The zero-order valence-corrected chi connectivity index (χ0v) is 10.7. The molecule has 0 aliphatic carbocycles. The van der Waals surface area contributed by atoms with E-state index in [0.29, 0.717) is 5.56 Å². The number of halogens is 1. The second kappa shape index (κ2) is 8.01. The lowest BCUT2D eigenvalue weighted by atomic mass is 10.00. The zero-order chi connectivity index (χ0) is 13.4. The molecule has 18 heavy (non-hydrogen) atoms. The van der Waals surface area contributed by atoms with Crippen molar-refractivity contribution < 1.29 is 14.6 Å². The molecule has 0 aromatic heterocycles. The van der Waals surface area contributed by atoms with E-state index in [1.165, 1.54) is 6.08 Å². The van der Waals surface area contributed by atoms with Gasteiger partial charge >= 0.3 is 0 Å². The average Bonchev–Trinajstić information content (AvgIpc) is 2.43. The molecule has 0 spiro atoms. The summed E-state index contributed by atoms with van der Waals surface area (Å²) in [5, 5.41) is 19.0. The molecule has 1 aromatic rings. The Labute approximate surface area is 108 Å². The third-order valence-electron chi connectivity index (χ3n) is 2.93. The van der Waals surface area contributed by atoms with Gasteiger partial charge in [0, 0.05) is 12.5 Å². The van der Waals surface area contributed by atoms with E-state index in [-0.39, 0.29) is 12.5 Å². The Morgan fingerprint density at radius 3 is 2.56 bits per heavy atom. The lowest BCUT2D eigenvalue weighted by Crippen LogP contribution is -2.06. The molecule has 3 heteroatoms. The molecule has 2 N–H and O–H groups in total. The Bertz CT molecular complexity index is 362. The Hall–Kier alpha value is -1.19. The van der Waals surface area contributed by atoms with Gasteiger partial charge in [0.25, 0.3) is 0 Å². The van der Waals surface area contributed by atoms with E-state index in [1.807, 2.05) is 13.0 Å². The number of hydrogen-bond donors (Lipinski definition) is 2. The Morgan fingerprint density at radius 2 is 2.00 bits per heavy atom. The highest BCUT2D eigenvalue weighted by molar-refractivity contribution is 5.23. The molecule has 100 valence electrons. The van der Waals surface area contributed by atoms with E-state index in [4.69, 9.17) is 5.11 Å². The van der Waals surface area contributed by atoms with Crippen molar-refractivity contribution >= 4 is 0 Å². The van der Waals surface area contributed by atoms with Crippen molar-refractivity contribution in [1.29, 1.82) is 0 Å². The number of aliphatic hydroxyl groups excluding tert-OH is 2. The molecule has 0 unspecified atom stereocenters. The van der Waals surface area contributed by atoms with Gasteiger partial charge in [0.2, 0.25) is 0 Å². The molecule has 0 saturated carbocycles. The first-order valence-corrected chi connectivity index (χ1v) is 6.40. The molecule has 0 fully saturated rings. The van der Waals surface area contributed by atoms with E-state index in [2.05, 4.69) is 0 Å². The van der Waals surface area contributed by atoms with Crippen molar-refractivity contribution in [2.45, 2.75) is 32.3 Å². The van der Waals surface area contributed by atoms with Crippen molar-refractivity contribution in [3.63, 3.8) is 0 Å². The molecule has 0 radical (unpaired) electrons. The molecule has 0 saturated heterocycles. The van der Waals surface area contributed by atoms with Crippen LogP contribution in [0.5, 0.6) is 0 Å². The lowest BCUT2D eigenvalue weighted by Gasteiger charge is -2.12. The van der Waals surface area contributed by atoms with Crippen LogP contribution in [0.4, 0.5) is 4.39 Å². The normalized spacial score (nSPS) is 15.4. The number of rotatable bonds is 7. The number of aliphatic hydroxyl groups is 2. The third-order valence-corrected chi connectivity index (χ3v) is 2.93. The quantitative estimate of drug-likeness (QED) is 0.781. The largest absolute Gasteiger partial charge is 0.396 e. The van der Waals surface area contributed by atoms with Gasteiger partial charge in [-0.25, -0.2) is 4.39 Å². The maximum Gasteiger partial charge on any atom is 0.130 e. The molecule has 0 heterocycles. The average molecular weight is 252 g/mol. The van der Waals surface area contributed by atoms with Crippen molar-refractivity contribution in [1.82, 2.24) is 0 Å². The monoisotopic (exact) mass is 252 g/mol. The first-order chi connectivity index (χ1) is 8.69. The van der Waals surface area contributed by atoms with Gasteiger partial charge < -0.3 is 10.2 Å². The molecule has 2 atom stereocenters. The first kappa shape index (κ1) is 14.9. The summed E-state index contributed by atoms with van der Waals surface area (Å²) >= 11 is 0. The second-order valence-corrected chi connectivity index (χ2v) is 4.45. The van der Waals surface area contributed by atoms with Gasteiger partial charge in [-0.15, -0.1) is 0 Å². The fraction of sp³-hybridized carbons (Fsp3) is 0.467. The molecular weight excluding hydrogens is 231 g/mol. The highest BCUT2D eigenvalue weighted by Gasteiger charge is 2.15. The van der Waals surface area contributed by atoms with E-state index >= 15 is 0 Å². The summed E-state index contributed by atoms with van der Waals surface area (Å²) in [6.07, 6.45) is 2.79. The van der Waals surface area contributed by atoms with Gasteiger partial charge in [-0.2, -0.15) is 0 Å². The lowest BCUT2D eigenvalue weighted by molar-refractivity contribution is 0.180. The minimum absolute atomic E-state index is 0.0884. The van der Waals surface area contributed by atoms with Crippen molar-refractivity contribution in [3.05, 3.63) is 47.8 Å². The molecule has 0 bridgehead atoms. The molecule has 0 amide bonds. The first-order valence-electron chi connectivity index (χ1n) is 6.40. The fourth-order valence-electron chi connectivity index (χ4n) is 1.80. The van der Waals surface area contributed by atoms with E-state index in [1.54, 1.807) is 24.3 Å². The topological polar surface area (TPSA) is 40.5 Å². The van der Waals surface area contributed by atoms with Crippen molar-refractivity contribution in [2.75, 3.05) is 6.61 Å². The summed E-state index contributed by atoms with van der Waals surface area (Å²) in [5.74, 6) is -0.806. The smallest absolute Gasteiger partial charge is 0.130 e. The minimum Gasteiger partial charge on any atom is -0.396 e. The molecule has 2 nitrogen and oxygen atoms in total. The van der Waals surface area contributed by atoms with Crippen LogP contribution in [-0.4, -0.2) is 16.8 Å². The van der Waals surface area contributed by atoms with E-state index in [0.717, 1.165) is 19.3 Å². The maximum absolute atomic E-state index is 13.8. The van der Waals surface area contributed by atoms with Gasteiger partial charge in [-0.05, 0) is 18.1 Å². The van der Waals surface area contributed by atoms with Crippen molar-refractivity contribution in [2.24, 2.45) is 5.92 Å². The van der Waals surface area contributed by atoms with Gasteiger partial charge in [0.1, 0.15) is 11.9 Å². The van der Waals surface area contributed by atoms with Crippen LogP contribution in [0.1, 0.15) is 37.9 Å². The molecule has 1 rings (SSSR count). The number of unbranched alkanes of at least 4 members (excludes halogenated alkanes) is 1. The zero-order valence-electron chi connectivity index (χ0n) is 10.7. The van der Waals surface area contributed by atoms with E-state index in [9.17, 15) is 9.50 Å².